The van der Waals surface area contributed by atoms with Gasteiger partial charge in [0.2, 0.25) is 0 Å². The lowest BCUT2D eigenvalue weighted by molar-refractivity contribution is 0.601. The highest BCUT2D eigenvalue weighted by Gasteiger charge is 2.16. The van der Waals surface area contributed by atoms with Crippen LogP contribution in [0.2, 0.25) is 5.02 Å². The van der Waals surface area contributed by atoms with Crippen LogP contribution >= 0.6 is 27.5 Å². The molecule has 20 heavy (non-hydrogen) atoms. The molecule has 4 N–H and O–H groups in total. The molecule has 0 atom stereocenters. The molecule has 0 amide bonds. The zero-order valence-electron chi connectivity index (χ0n) is 9.97. The molecule has 106 valence electrons. The molecule has 6 nitrogen and oxygen atoms in total. The summed E-state index contributed by atoms with van der Waals surface area (Å²) in [5.74, 6) is 5.54. The van der Waals surface area contributed by atoms with Crippen molar-refractivity contribution < 1.29 is 8.42 Å². The number of benzene rings is 1. The van der Waals surface area contributed by atoms with Crippen LogP contribution in [0.3, 0.4) is 0 Å². The third-order valence-electron chi connectivity index (χ3n) is 2.37. The molecule has 9 heteroatoms. The van der Waals surface area contributed by atoms with Gasteiger partial charge in [-0.2, -0.15) is 0 Å². The van der Waals surface area contributed by atoms with Gasteiger partial charge in [-0.3, -0.25) is 4.72 Å². The molecule has 0 radical (unpaired) electrons. The number of anilines is 2. The predicted octanol–water partition coefficient (Wildman–Crippen LogP) is 2.58. The Bertz CT molecular complexity index is 722. The van der Waals surface area contributed by atoms with Gasteiger partial charge < -0.3 is 5.43 Å². The van der Waals surface area contributed by atoms with Crippen LogP contribution in [0, 0.1) is 0 Å². The number of nitrogens with one attached hydrogen (secondary N) is 2. The first-order chi connectivity index (χ1) is 9.42. The van der Waals surface area contributed by atoms with E-state index in [0.29, 0.717) is 21.0 Å². The Balaban J connectivity index is 2.32. The lowest BCUT2D eigenvalue weighted by atomic mass is 10.3. The van der Waals surface area contributed by atoms with Gasteiger partial charge in [-0.15, -0.1) is 0 Å². The van der Waals surface area contributed by atoms with Crippen molar-refractivity contribution >= 4 is 49.1 Å². The third-order valence-corrected chi connectivity index (χ3v) is 4.64. The van der Waals surface area contributed by atoms with Gasteiger partial charge in [-0.05, 0) is 46.3 Å². The number of rotatable bonds is 4. The second-order valence-electron chi connectivity index (χ2n) is 3.75. The average Bonchev–Trinajstić information content (AvgIpc) is 2.43. The Morgan fingerprint density at radius 1 is 1.25 bits per heavy atom. The second-order valence-corrected chi connectivity index (χ2v) is 6.73. The van der Waals surface area contributed by atoms with Crippen LogP contribution in [-0.4, -0.2) is 13.4 Å². The predicted molar refractivity (Wildman–Crippen MR) is 82.0 cm³/mol. The van der Waals surface area contributed by atoms with Gasteiger partial charge in [0.15, 0.2) is 0 Å². The van der Waals surface area contributed by atoms with Crippen molar-refractivity contribution in [2.45, 2.75) is 4.90 Å². The number of halogens is 2. The Morgan fingerprint density at radius 3 is 2.60 bits per heavy atom. The summed E-state index contributed by atoms with van der Waals surface area (Å²) in [6.45, 7) is 0. The molecule has 0 bridgehead atoms. The maximum absolute atomic E-state index is 12.2. The molecule has 0 aliphatic rings. The number of nitrogens with two attached hydrogens (primary N) is 1. The molecule has 1 aromatic carbocycles. The molecular weight excluding hydrogens is 368 g/mol. The Hall–Kier alpha value is -1.35. The van der Waals surface area contributed by atoms with E-state index in [2.05, 4.69) is 31.1 Å². The molecule has 2 rings (SSSR count). The summed E-state index contributed by atoms with van der Waals surface area (Å²) in [4.78, 5) is 3.87. The van der Waals surface area contributed by atoms with Crippen LogP contribution in [0.15, 0.2) is 45.9 Å². The fourth-order valence-corrected chi connectivity index (χ4v) is 3.07. The fraction of sp³-hybridized carbons (Fsp3) is 0. The monoisotopic (exact) mass is 376 g/mol. The fourth-order valence-electron chi connectivity index (χ4n) is 1.40. The van der Waals surface area contributed by atoms with E-state index >= 15 is 0 Å². The number of pyridine rings is 1. The van der Waals surface area contributed by atoms with E-state index in [4.69, 9.17) is 17.4 Å². The SMILES string of the molecule is NNc1ccc(S(=O)(=O)Nc2cc(Cl)ccc2Br)cn1. The molecular formula is C11H10BrClN4O2S. The number of aromatic nitrogens is 1. The zero-order valence-corrected chi connectivity index (χ0v) is 13.1. The molecule has 0 aliphatic carbocycles. The first-order valence-corrected chi connectivity index (χ1v) is 7.98. The molecule has 0 fully saturated rings. The minimum atomic E-state index is -3.75. The summed E-state index contributed by atoms with van der Waals surface area (Å²) in [7, 11) is -3.75. The van der Waals surface area contributed by atoms with E-state index in [-0.39, 0.29) is 4.90 Å². The number of hydrogen-bond donors (Lipinski definition) is 3. The van der Waals surface area contributed by atoms with Crippen molar-refractivity contribution in [2.75, 3.05) is 10.1 Å². The van der Waals surface area contributed by atoms with Gasteiger partial charge >= 0.3 is 0 Å². The first kappa shape index (κ1) is 15.0. The molecule has 0 saturated heterocycles. The number of hydrogen-bond acceptors (Lipinski definition) is 5. The van der Waals surface area contributed by atoms with Gasteiger partial charge in [0, 0.05) is 15.7 Å². The Morgan fingerprint density at radius 2 is 2.00 bits per heavy atom. The van der Waals surface area contributed by atoms with E-state index in [9.17, 15) is 8.42 Å². The number of nitrogens with zero attached hydrogens (tertiary/aromatic N) is 1. The molecule has 0 spiro atoms. The van der Waals surface area contributed by atoms with E-state index in [1.165, 1.54) is 24.4 Å². The topological polar surface area (TPSA) is 97.1 Å². The first-order valence-electron chi connectivity index (χ1n) is 5.33. The summed E-state index contributed by atoms with van der Waals surface area (Å²) in [5, 5.41) is 0.423. The highest BCUT2D eigenvalue weighted by atomic mass is 79.9. The van der Waals surface area contributed by atoms with Crippen molar-refractivity contribution in [1.29, 1.82) is 0 Å². The third kappa shape index (κ3) is 3.40. The highest BCUT2D eigenvalue weighted by molar-refractivity contribution is 9.10. The summed E-state index contributed by atoms with van der Waals surface area (Å²) in [6, 6.07) is 7.66. The second kappa shape index (κ2) is 5.96. The maximum atomic E-state index is 12.2. The summed E-state index contributed by atoms with van der Waals surface area (Å²) in [5.41, 5.74) is 2.67. The van der Waals surface area contributed by atoms with Crippen LogP contribution in [0.1, 0.15) is 0 Å². The van der Waals surface area contributed by atoms with Gasteiger partial charge in [0.05, 0.1) is 5.69 Å². The molecule has 0 saturated carbocycles. The van der Waals surface area contributed by atoms with Crippen LogP contribution in [0.5, 0.6) is 0 Å². The van der Waals surface area contributed by atoms with Crippen molar-refractivity contribution in [3.63, 3.8) is 0 Å². The number of hydrazine groups is 1. The summed E-state index contributed by atoms with van der Waals surface area (Å²) >= 11 is 9.09. The van der Waals surface area contributed by atoms with Crippen LogP contribution in [-0.2, 0) is 10.0 Å². The van der Waals surface area contributed by atoms with Crippen LogP contribution in [0.25, 0.3) is 0 Å². The smallest absolute Gasteiger partial charge is 0.263 e. The van der Waals surface area contributed by atoms with Crippen molar-refractivity contribution in [1.82, 2.24) is 4.98 Å². The quantitative estimate of drug-likeness (QED) is 0.562. The zero-order chi connectivity index (χ0) is 14.8. The Labute approximate surface area is 129 Å². The minimum Gasteiger partial charge on any atom is -0.308 e. The van der Waals surface area contributed by atoms with Crippen molar-refractivity contribution in [2.24, 2.45) is 5.84 Å². The molecule has 1 heterocycles. The van der Waals surface area contributed by atoms with Crippen LogP contribution in [0.4, 0.5) is 11.5 Å². The van der Waals surface area contributed by atoms with E-state index in [1.807, 2.05) is 0 Å². The average molecular weight is 378 g/mol. The van der Waals surface area contributed by atoms with Crippen molar-refractivity contribution in [3.8, 4) is 0 Å². The molecule has 0 aliphatic heterocycles. The number of nitrogen functional groups attached to an aromatic ring is 1. The normalized spacial score (nSPS) is 11.2. The van der Waals surface area contributed by atoms with E-state index in [1.54, 1.807) is 12.1 Å². The number of sulfonamides is 1. The van der Waals surface area contributed by atoms with Gasteiger partial charge in [0.1, 0.15) is 10.7 Å². The lowest BCUT2D eigenvalue weighted by Gasteiger charge is -2.10. The summed E-state index contributed by atoms with van der Waals surface area (Å²) < 4.78 is 27.4. The van der Waals surface area contributed by atoms with Crippen molar-refractivity contribution in [3.05, 3.63) is 46.0 Å². The highest BCUT2D eigenvalue weighted by Crippen LogP contribution is 2.28. The van der Waals surface area contributed by atoms with Gasteiger partial charge in [-0.1, -0.05) is 11.6 Å². The molecule has 1 aromatic heterocycles. The summed E-state index contributed by atoms with van der Waals surface area (Å²) in [6.07, 6.45) is 1.20. The lowest BCUT2D eigenvalue weighted by Crippen LogP contribution is -2.14. The van der Waals surface area contributed by atoms with E-state index < -0.39 is 10.0 Å². The molecule has 0 unspecified atom stereocenters. The largest absolute Gasteiger partial charge is 0.308 e. The molecule has 2 aromatic rings. The van der Waals surface area contributed by atoms with Crippen LogP contribution < -0.4 is 16.0 Å². The van der Waals surface area contributed by atoms with E-state index in [0.717, 1.165) is 0 Å². The van der Waals surface area contributed by atoms with Gasteiger partial charge in [-0.25, -0.2) is 19.2 Å². The van der Waals surface area contributed by atoms with Gasteiger partial charge in [0.25, 0.3) is 10.0 Å². The standard InChI is InChI=1S/C11H10BrClN4O2S/c12-9-3-1-7(13)5-10(9)17-20(18,19)8-2-4-11(16-14)15-6-8/h1-6,17H,14H2,(H,15,16). The maximum Gasteiger partial charge on any atom is 0.263 e. The Kier molecular flexibility index (Phi) is 4.48. The minimum absolute atomic E-state index is 0.0170.